The highest BCUT2D eigenvalue weighted by atomic mass is 35.5. The summed E-state index contributed by atoms with van der Waals surface area (Å²) in [6.07, 6.45) is 1.70. The highest BCUT2D eigenvalue weighted by molar-refractivity contribution is 6.30. The Hall–Kier alpha value is -2.99. The van der Waals surface area contributed by atoms with Crippen LogP contribution in [0.5, 0.6) is 5.75 Å². The minimum Gasteiger partial charge on any atom is -0.471 e. The molecule has 0 atom stereocenters. The van der Waals surface area contributed by atoms with Crippen LogP contribution in [-0.2, 0) is 6.73 Å². The van der Waals surface area contributed by atoms with Gasteiger partial charge in [0.1, 0.15) is 5.75 Å². The van der Waals surface area contributed by atoms with Crippen LogP contribution in [0.1, 0.15) is 24.3 Å². The molecule has 3 aromatic rings. The zero-order valence-electron chi connectivity index (χ0n) is 15.9. The first-order valence-electron chi connectivity index (χ1n) is 9.17. The topological polar surface area (TPSA) is 59.4 Å². The SMILES string of the molecule is CCN(CC)c1ccc(NC(=O)c2ccn(COc3cccc(Cl)c3)n2)cc1. The van der Waals surface area contributed by atoms with Crippen molar-refractivity contribution >= 4 is 28.9 Å². The molecule has 28 heavy (non-hydrogen) atoms. The van der Waals surface area contributed by atoms with Gasteiger partial charge >= 0.3 is 0 Å². The van der Waals surface area contributed by atoms with E-state index in [1.165, 1.54) is 0 Å². The van der Waals surface area contributed by atoms with E-state index in [1.54, 1.807) is 29.1 Å². The molecule has 0 fully saturated rings. The van der Waals surface area contributed by atoms with E-state index in [1.807, 2.05) is 36.4 Å². The summed E-state index contributed by atoms with van der Waals surface area (Å²) in [7, 11) is 0. The first-order valence-corrected chi connectivity index (χ1v) is 9.55. The summed E-state index contributed by atoms with van der Waals surface area (Å²) >= 11 is 5.93. The monoisotopic (exact) mass is 398 g/mol. The van der Waals surface area contributed by atoms with Gasteiger partial charge in [0.05, 0.1) is 0 Å². The number of ether oxygens (including phenoxy) is 1. The Morgan fingerprint density at radius 2 is 1.89 bits per heavy atom. The number of carbonyl (C=O) groups excluding carboxylic acids is 1. The fourth-order valence-electron chi connectivity index (χ4n) is 2.79. The van der Waals surface area contributed by atoms with Crippen molar-refractivity contribution in [3.8, 4) is 5.75 Å². The average molecular weight is 399 g/mol. The molecule has 2 aromatic carbocycles. The minimum absolute atomic E-state index is 0.187. The lowest BCUT2D eigenvalue weighted by Crippen LogP contribution is -2.21. The molecule has 146 valence electrons. The summed E-state index contributed by atoms with van der Waals surface area (Å²) in [4.78, 5) is 14.7. The summed E-state index contributed by atoms with van der Waals surface area (Å²) in [6.45, 7) is 6.30. The molecule has 0 unspecified atom stereocenters. The molecule has 1 aromatic heterocycles. The van der Waals surface area contributed by atoms with E-state index in [4.69, 9.17) is 16.3 Å². The second-order valence-electron chi connectivity index (χ2n) is 6.14. The van der Waals surface area contributed by atoms with E-state index in [0.717, 1.165) is 24.5 Å². The standard InChI is InChI=1S/C21H23ClN4O2/c1-3-25(4-2)18-10-8-17(9-11-18)23-21(27)20-12-13-26(24-20)15-28-19-7-5-6-16(22)14-19/h5-14H,3-4,15H2,1-2H3,(H,23,27). The van der Waals surface area contributed by atoms with Crippen LogP contribution in [0.2, 0.25) is 5.02 Å². The van der Waals surface area contributed by atoms with Crippen molar-refractivity contribution in [2.24, 2.45) is 0 Å². The van der Waals surface area contributed by atoms with E-state index >= 15 is 0 Å². The summed E-state index contributed by atoms with van der Waals surface area (Å²) in [5, 5.41) is 7.72. The second kappa shape index (κ2) is 9.28. The molecule has 0 saturated heterocycles. The van der Waals surface area contributed by atoms with Crippen molar-refractivity contribution in [3.05, 3.63) is 71.5 Å². The molecule has 0 radical (unpaired) electrons. The second-order valence-corrected chi connectivity index (χ2v) is 6.58. The van der Waals surface area contributed by atoms with Gasteiger partial charge in [-0.25, -0.2) is 4.68 Å². The highest BCUT2D eigenvalue weighted by Gasteiger charge is 2.11. The maximum absolute atomic E-state index is 12.4. The van der Waals surface area contributed by atoms with Gasteiger partial charge in [0, 0.05) is 35.7 Å². The van der Waals surface area contributed by atoms with Gasteiger partial charge in [0.25, 0.3) is 5.91 Å². The summed E-state index contributed by atoms with van der Waals surface area (Å²) in [5.74, 6) is 0.374. The Kier molecular flexibility index (Phi) is 6.55. The van der Waals surface area contributed by atoms with Crippen LogP contribution < -0.4 is 15.0 Å². The molecule has 1 N–H and O–H groups in total. The molecule has 0 bridgehead atoms. The number of hydrogen-bond acceptors (Lipinski definition) is 4. The Labute approximate surface area is 169 Å². The van der Waals surface area contributed by atoms with Gasteiger partial charge in [-0.15, -0.1) is 0 Å². The van der Waals surface area contributed by atoms with Crippen LogP contribution in [0.3, 0.4) is 0 Å². The lowest BCUT2D eigenvalue weighted by atomic mass is 10.2. The first kappa shape index (κ1) is 19.8. The highest BCUT2D eigenvalue weighted by Crippen LogP contribution is 2.19. The predicted octanol–water partition coefficient (Wildman–Crippen LogP) is 4.67. The van der Waals surface area contributed by atoms with Gasteiger partial charge in [-0.3, -0.25) is 4.79 Å². The van der Waals surface area contributed by atoms with Gasteiger partial charge in [0.15, 0.2) is 12.4 Å². The zero-order valence-corrected chi connectivity index (χ0v) is 16.7. The smallest absolute Gasteiger partial charge is 0.276 e. The van der Waals surface area contributed by atoms with Crippen molar-refractivity contribution in [1.82, 2.24) is 9.78 Å². The van der Waals surface area contributed by atoms with E-state index in [0.29, 0.717) is 16.5 Å². The van der Waals surface area contributed by atoms with Gasteiger partial charge in [-0.05, 0) is 62.4 Å². The molecule has 0 spiro atoms. The molecule has 0 aliphatic rings. The maximum Gasteiger partial charge on any atom is 0.276 e. The predicted molar refractivity (Wildman–Crippen MR) is 112 cm³/mol. The van der Waals surface area contributed by atoms with E-state index < -0.39 is 0 Å². The molecule has 0 aliphatic heterocycles. The Morgan fingerprint density at radius 1 is 1.14 bits per heavy atom. The molecule has 6 nitrogen and oxygen atoms in total. The van der Waals surface area contributed by atoms with Crippen molar-refractivity contribution in [2.45, 2.75) is 20.6 Å². The summed E-state index contributed by atoms with van der Waals surface area (Å²) < 4.78 is 7.18. The lowest BCUT2D eigenvalue weighted by molar-refractivity contribution is 0.102. The van der Waals surface area contributed by atoms with E-state index in [9.17, 15) is 4.79 Å². The molecule has 1 heterocycles. The number of hydrogen-bond donors (Lipinski definition) is 1. The third-order valence-electron chi connectivity index (χ3n) is 4.29. The maximum atomic E-state index is 12.4. The molecule has 1 amide bonds. The van der Waals surface area contributed by atoms with Crippen LogP contribution in [0, 0.1) is 0 Å². The quantitative estimate of drug-likeness (QED) is 0.599. The van der Waals surface area contributed by atoms with Gasteiger partial charge in [-0.1, -0.05) is 17.7 Å². The van der Waals surface area contributed by atoms with Gasteiger partial charge in [0.2, 0.25) is 0 Å². The van der Waals surface area contributed by atoms with Crippen molar-refractivity contribution in [2.75, 3.05) is 23.3 Å². The number of rotatable bonds is 8. The number of halogens is 1. The first-order chi connectivity index (χ1) is 13.6. The Balaban J connectivity index is 1.58. The Bertz CT molecular complexity index is 920. The Morgan fingerprint density at radius 3 is 2.57 bits per heavy atom. The molecule has 0 aliphatic carbocycles. The normalized spacial score (nSPS) is 10.5. The van der Waals surface area contributed by atoms with Crippen molar-refractivity contribution in [1.29, 1.82) is 0 Å². The molecule has 0 saturated carbocycles. The molecule has 7 heteroatoms. The third-order valence-corrected chi connectivity index (χ3v) is 4.52. The number of aromatic nitrogens is 2. The molecular formula is C21H23ClN4O2. The van der Waals surface area contributed by atoms with Crippen molar-refractivity contribution < 1.29 is 9.53 Å². The minimum atomic E-state index is -0.267. The van der Waals surface area contributed by atoms with E-state index in [-0.39, 0.29) is 12.6 Å². The fraction of sp³-hybridized carbons (Fsp3) is 0.238. The number of benzene rings is 2. The summed E-state index contributed by atoms with van der Waals surface area (Å²) in [5.41, 5.74) is 2.18. The average Bonchev–Trinajstić information content (AvgIpc) is 3.18. The largest absolute Gasteiger partial charge is 0.471 e. The van der Waals surface area contributed by atoms with Gasteiger partial charge in [-0.2, -0.15) is 5.10 Å². The fourth-order valence-corrected chi connectivity index (χ4v) is 2.97. The number of nitrogens with one attached hydrogen (secondary N) is 1. The lowest BCUT2D eigenvalue weighted by Gasteiger charge is -2.21. The summed E-state index contributed by atoms with van der Waals surface area (Å²) in [6, 6.07) is 16.6. The van der Waals surface area contributed by atoms with Crippen LogP contribution in [-0.4, -0.2) is 28.8 Å². The number of nitrogens with zero attached hydrogens (tertiary/aromatic N) is 3. The number of carbonyl (C=O) groups is 1. The van der Waals surface area contributed by atoms with Crippen LogP contribution in [0.25, 0.3) is 0 Å². The van der Waals surface area contributed by atoms with Crippen LogP contribution in [0.4, 0.5) is 11.4 Å². The van der Waals surface area contributed by atoms with Crippen molar-refractivity contribution in [3.63, 3.8) is 0 Å². The third kappa shape index (κ3) is 5.04. The zero-order chi connectivity index (χ0) is 19.9. The van der Waals surface area contributed by atoms with Crippen LogP contribution in [0.15, 0.2) is 60.8 Å². The number of anilines is 2. The molecular weight excluding hydrogens is 376 g/mol. The van der Waals surface area contributed by atoms with E-state index in [2.05, 4.69) is 29.2 Å². The molecule has 3 rings (SSSR count). The number of amides is 1. The van der Waals surface area contributed by atoms with Crippen LogP contribution >= 0.6 is 11.6 Å². The van der Waals surface area contributed by atoms with Gasteiger partial charge < -0.3 is 15.0 Å².